The molecule has 7 nitrogen and oxygen atoms in total. The Morgan fingerprint density at radius 1 is 1.40 bits per heavy atom. The number of carbonyl (C=O) groups excluding carboxylic acids is 1. The normalized spacial score (nSPS) is 15.4. The van der Waals surface area contributed by atoms with Gasteiger partial charge in [-0.05, 0) is 6.92 Å². The predicted octanol–water partition coefficient (Wildman–Crippen LogP) is -2.02. The zero-order chi connectivity index (χ0) is 12.2. The number of aliphatic hydroxyl groups is 1. The van der Waals surface area contributed by atoms with Crippen LogP contribution >= 0.6 is 0 Å². The molecule has 15 heavy (non-hydrogen) atoms. The van der Waals surface area contributed by atoms with E-state index in [0.29, 0.717) is 0 Å². The van der Waals surface area contributed by atoms with E-state index in [1.807, 2.05) is 5.32 Å². The summed E-state index contributed by atoms with van der Waals surface area (Å²) in [7, 11) is -3.51. The third kappa shape index (κ3) is 6.02. The number of carboxylic acid groups (broad SMARTS) is 1. The second-order valence-electron chi connectivity index (χ2n) is 3.19. The Labute approximate surface area is 87.0 Å². The highest BCUT2D eigenvalue weighted by Gasteiger charge is 2.25. The SMILES string of the molecule is CC(O)C(NC(=O)CS(C)(=O)=O)C(=O)O. The number of aliphatic hydroxyl groups excluding tert-OH is 1. The van der Waals surface area contributed by atoms with E-state index in [9.17, 15) is 18.0 Å². The predicted molar refractivity (Wildman–Crippen MR) is 51.0 cm³/mol. The van der Waals surface area contributed by atoms with Gasteiger partial charge in [-0.2, -0.15) is 0 Å². The number of carboxylic acids is 1. The lowest BCUT2D eigenvalue weighted by Gasteiger charge is -2.16. The maximum absolute atomic E-state index is 11.0. The third-order valence-corrected chi connectivity index (χ3v) is 2.24. The van der Waals surface area contributed by atoms with Gasteiger partial charge in [-0.3, -0.25) is 4.79 Å². The van der Waals surface area contributed by atoms with Gasteiger partial charge in [0.1, 0.15) is 5.75 Å². The second-order valence-corrected chi connectivity index (χ2v) is 5.33. The monoisotopic (exact) mass is 239 g/mol. The largest absolute Gasteiger partial charge is 0.480 e. The van der Waals surface area contributed by atoms with Crippen molar-refractivity contribution in [3.8, 4) is 0 Å². The van der Waals surface area contributed by atoms with Crippen molar-refractivity contribution < 1.29 is 28.2 Å². The first kappa shape index (κ1) is 13.8. The Morgan fingerprint density at radius 2 is 1.87 bits per heavy atom. The van der Waals surface area contributed by atoms with E-state index in [1.54, 1.807) is 0 Å². The van der Waals surface area contributed by atoms with Crippen LogP contribution in [0.2, 0.25) is 0 Å². The lowest BCUT2D eigenvalue weighted by Crippen LogP contribution is -2.49. The van der Waals surface area contributed by atoms with Crippen LogP contribution < -0.4 is 5.32 Å². The number of sulfone groups is 1. The zero-order valence-corrected chi connectivity index (χ0v) is 9.11. The molecule has 0 bridgehead atoms. The number of rotatable bonds is 5. The quantitative estimate of drug-likeness (QED) is 0.509. The smallest absolute Gasteiger partial charge is 0.328 e. The van der Waals surface area contributed by atoms with Crippen molar-refractivity contribution in [1.82, 2.24) is 5.32 Å². The summed E-state index contributed by atoms with van der Waals surface area (Å²) in [6, 6.07) is -1.50. The molecule has 0 radical (unpaired) electrons. The van der Waals surface area contributed by atoms with E-state index in [-0.39, 0.29) is 0 Å². The third-order valence-electron chi connectivity index (χ3n) is 1.46. The molecule has 0 aliphatic rings. The average molecular weight is 239 g/mol. The highest BCUT2D eigenvalue weighted by atomic mass is 32.2. The van der Waals surface area contributed by atoms with Gasteiger partial charge in [-0.25, -0.2) is 13.2 Å². The molecule has 0 heterocycles. The van der Waals surface area contributed by atoms with E-state index in [2.05, 4.69) is 0 Å². The van der Waals surface area contributed by atoms with Crippen LogP contribution in [0.25, 0.3) is 0 Å². The van der Waals surface area contributed by atoms with Crippen LogP contribution in [0.4, 0.5) is 0 Å². The maximum Gasteiger partial charge on any atom is 0.328 e. The summed E-state index contributed by atoms with van der Waals surface area (Å²) in [6.07, 6.45) is -0.448. The maximum atomic E-state index is 11.0. The lowest BCUT2D eigenvalue weighted by molar-refractivity contribution is -0.144. The minimum atomic E-state index is -3.51. The van der Waals surface area contributed by atoms with E-state index in [0.717, 1.165) is 6.26 Å². The van der Waals surface area contributed by atoms with E-state index >= 15 is 0 Å². The number of nitrogens with one attached hydrogen (secondary N) is 1. The van der Waals surface area contributed by atoms with Gasteiger partial charge in [0.15, 0.2) is 15.9 Å². The van der Waals surface area contributed by atoms with Crippen LogP contribution in [0, 0.1) is 0 Å². The van der Waals surface area contributed by atoms with Crippen LogP contribution in [0.3, 0.4) is 0 Å². The van der Waals surface area contributed by atoms with Gasteiger partial charge in [-0.15, -0.1) is 0 Å². The molecule has 0 aromatic carbocycles. The standard InChI is InChI=1S/C7H13NO6S/c1-4(9)6(7(11)12)8-5(10)3-15(2,13)14/h4,6,9H,3H2,1-2H3,(H,8,10)(H,11,12). The van der Waals surface area contributed by atoms with Crippen LogP contribution in [0.15, 0.2) is 0 Å². The molecule has 2 unspecified atom stereocenters. The number of hydrogen-bond donors (Lipinski definition) is 3. The van der Waals surface area contributed by atoms with Crippen molar-refractivity contribution in [3.05, 3.63) is 0 Å². The average Bonchev–Trinajstić information content (AvgIpc) is 1.95. The molecule has 0 aromatic rings. The fourth-order valence-corrected chi connectivity index (χ4v) is 1.40. The van der Waals surface area contributed by atoms with Gasteiger partial charge in [-0.1, -0.05) is 0 Å². The Balaban J connectivity index is 4.44. The molecule has 0 aliphatic carbocycles. The molecule has 3 N–H and O–H groups in total. The van der Waals surface area contributed by atoms with E-state index in [4.69, 9.17) is 10.2 Å². The molecule has 0 aromatic heterocycles. The number of carbonyl (C=O) groups is 2. The van der Waals surface area contributed by atoms with Crippen LogP contribution in [-0.2, 0) is 19.4 Å². The molecule has 0 aliphatic heterocycles. The molecule has 0 saturated heterocycles. The van der Waals surface area contributed by atoms with E-state index < -0.39 is 39.6 Å². The summed E-state index contributed by atoms with van der Waals surface area (Å²) < 4.78 is 21.4. The zero-order valence-electron chi connectivity index (χ0n) is 8.30. The van der Waals surface area contributed by atoms with Gasteiger partial charge in [0.05, 0.1) is 6.10 Å². The van der Waals surface area contributed by atoms with Crippen molar-refractivity contribution in [1.29, 1.82) is 0 Å². The molecule has 0 saturated carbocycles. The fraction of sp³-hybridized carbons (Fsp3) is 0.714. The van der Waals surface area contributed by atoms with Crippen LogP contribution in [0.1, 0.15) is 6.92 Å². The lowest BCUT2D eigenvalue weighted by atomic mass is 10.2. The minimum absolute atomic E-state index is 0.802. The van der Waals surface area contributed by atoms with Gasteiger partial charge >= 0.3 is 5.97 Å². The first-order valence-electron chi connectivity index (χ1n) is 4.01. The molecular formula is C7H13NO6S. The van der Waals surface area contributed by atoms with Gasteiger partial charge in [0.25, 0.3) is 0 Å². The molecule has 1 amide bonds. The first-order valence-corrected chi connectivity index (χ1v) is 6.07. The molecule has 0 fully saturated rings. The first-order chi connectivity index (χ1) is 6.63. The Morgan fingerprint density at radius 3 is 2.13 bits per heavy atom. The summed E-state index contributed by atoms with van der Waals surface area (Å²) in [5.74, 6) is -3.18. The van der Waals surface area contributed by atoms with Crippen LogP contribution in [0.5, 0.6) is 0 Å². The summed E-state index contributed by atoms with van der Waals surface area (Å²) >= 11 is 0. The molecule has 2 atom stereocenters. The van der Waals surface area contributed by atoms with Crippen molar-refractivity contribution in [2.45, 2.75) is 19.1 Å². The molecule has 0 spiro atoms. The fourth-order valence-electron chi connectivity index (χ4n) is 0.842. The summed E-state index contributed by atoms with van der Waals surface area (Å²) in [5.41, 5.74) is 0. The number of amides is 1. The number of aliphatic carboxylic acids is 1. The Bertz CT molecular complexity index is 346. The Hall–Kier alpha value is -1.15. The second kappa shape index (κ2) is 5.08. The molecular weight excluding hydrogens is 226 g/mol. The van der Waals surface area contributed by atoms with Crippen molar-refractivity contribution in [2.24, 2.45) is 0 Å². The van der Waals surface area contributed by atoms with E-state index in [1.165, 1.54) is 6.92 Å². The van der Waals surface area contributed by atoms with Crippen LogP contribution in [-0.4, -0.2) is 54.7 Å². The highest BCUT2D eigenvalue weighted by Crippen LogP contribution is 1.94. The molecule has 8 heteroatoms. The highest BCUT2D eigenvalue weighted by molar-refractivity contribution is 7.91. The van der Waals surface area contributed by atoms with Crippen molar-refractivity contribution in [2.75, 3.05) is 12.0 Å². The summed E-state index contributed by atoms with van der Waals surface area (Å²) in [5, 5.41) is 19.5. The summed E-state index contributed by atoms with van der Waals surface area (Å²) in [4.78, 5) is 21.5. The molecule has 88 valence electrons. The topological polar surface area (TPSA) is 121 Å². The number of hydrogen-bond acceptors (Lipinski definition) is 5. The molecule has 0 rings (SSSR count). The van der Waals surface area contributed by atoms with Gasteiger partial charge in [0.2, 0.25) is 5.91 Å². The summed E-state index contributed by atoms with van der Waals surface area (Å²) in [6.45, 7) is 1.18. The van der Waals surface area contributed by atoms with Crippen molar-refractivity contribution in [3.63, 3.8) is 0 Å². The van der Waals surface area contributed by atoms with Gasteiger partial charge < -0.3 is 15.5 Å². The Kier molecular flexibility index (Phi) is 4.69. The van der Waals surface area contributed by atoms with Gasteiger partial charge in [0, 0.05) is 6.26 Å². The van der Waals surface area contributed by atoms with Crippen molar-refractivity contribution >= 4 is 21.7 Å². The minimum Gasteiger partial charge on any atom is -0.480 e.